The van der Waals surface area contributed by atoms with Gasteiger partial charge in [-0.25, -0.2) is 0 Å². The number of aromatic nitrogens is 1. The van der Waals surface area contributed by atoms with Crippen molar-refractivity contribution in [1.29, 1.82) is 0 Å². The predicted molar refractivity (Wildman–Crippen MR) is 87.2 cm³/mol. The molecular formula is C16H20N4O3. The molecule has 0 atom stereocenters. The van der Waals surface area contributed by atoms with Gasteiger partial charge in [-0.1, -0.05) is 26.0 Å². The van der Waals surface area contributed by atoms with Gasteiger partial charge in [-0.05, 0) is 25.0 Å². The number of benzene rings is 1. The highest BCUT2D eigenvalue weighted by molar-refractivity contribution is 6.05. The monoisotopic (exact) mass is 316 g/mol. The van der Waals surface area contributed by atoms with Gasteiger partial charge >= 0.3 is 6.01 Å². The number of guanidine groups is 1. The van der Waals surface area contributed by atoms with E-state index >= 15 is 0 Å². The van der Waals surface area contributed by atoms with Crippen LogP contribution in [0.3, 0.4) is 0 Å². The normalized spacial score (nSPS) is 10.3. The van der Waals surface area contributed by atoms with Gasteiger partial charge in [0, 0.05) is 12.8 Å². The Bertz CT molecular complexity index is 666. The van der Waals surface area contributed by atoms with E-state index in [0.717, 1.165) is 0 Å². The molecule has 0 saturated heterocycles. The molecule has 1 heterocycles. The summed E-state index contributed by atoms with van der Waals surface area (Å²) in [4.78, 5) is 31.8. The zero-order chi connectivity index (χ0) is 16.7. The second kappa shape index (κ2) is 8.07. The molecule has 7 nitrogen and oxygen atoms in total. The second-order valence-electron chi connectivity index (χ2n) is 5.02. The maximum atomic E-state index is 11.8. The summed E-state index contributed by atoms with van der Waals surface area (Å²) in [5.74, 6) is -0.410. The van der Waals surface area contributed by atoms with E-state index in [0.29, 0.717) is 36.8 Å². The highest BCUT2D eigenvalue weighted by Gasteiger charge is 2.11. The maximum absolute atomic E-state index is 11.8. The molecule has 0 bridgehead atoms. The Balaban J connectivity index is 2.22. The minimum Gasteiger partial charge on any atom is -0.422 e. The van der Waals surface area contributed by atoms with Crippen LogP contribution in [-0.2, 0) is 9.59 Å². The van der Waals surface area contributed by atoms with Crippen molar-refractivity contribution in [1.82, 2.24) is 15.6 Å². The first-order chi connectivity index (χ1) is 11.1. The number of aliphatic imine (C=N–C) groups is 1. The van der Waals surface area contributed by atoms with Gasteiger partial charge in [-0.2, -0.15) is 9.98 Å². The van der Waals surface area contributed by atoms with Crippen LogP contribution in [0.4, 0.5) is 6.01 Å². The SMILES string of the molecule is CCCC(=O)NC(=Nc1nc2ccccc2o1)NC(=O)CCC. The number of carbonyl (C=O) groups excluding carboxylic acids is 2. The highest BCUT2D eigenvalue weighted by atomic mass is 16.4. The molecular weight excluding hydrogens is 296 g/mol. The number of para-hydroxylation sites is 2. The third-order valence-corrected chi connectivity index (χ3v) is 2.96. The van der Waals surface area contributed by atoms with Gasteiger partial charge in [0.15, 0.2) is 5.58 Å². The summed E-state index contributed by atoms with van der Waals surface area (Å²) in [7, 11) is 0. The lowest BCUT2D eigenvalue weighted by atomic mass is 10.3. The van der Waals surface area contributed by atoms with Crippen LogP contribution in [0.25, 0.3) is 11.1 Å². The van der Waals surface area contributed by atoms with E-state index < -0.39 is 0 Å². The molecule has 0 aliphatic rings. The van der Waals surface area contributed by atoms with Crippen molar-refractivity contribution >= 4 is 34.9 Å². The molecule has 23 heavy (non-hydrogen) atoms. The number of nitrogens with one attached hydrogen (secondary N) is 2. The lowest BCUT2D eigenvalue weighted by molar-refractivity contribution is -0.120. The Morgan fingerprint density at radius 2 is 1.70 bits per heavy atom. The molecule has 2 amide bonds. The topological polar surface area (TPSA) is 96.6 Å². The van der Waals surface area contributed by atoms with E-state index in [1.807, 2.05) is 26.0 Å². The molecule has 0 radical (unpaired) electrons. The molecule has 0 unspecified atom stereocenters. The third kappa shape index (κ3) is 4.91. The van der Waals surface area contributed by atoms with E-state index in [-0.39, 0.29) is 23.8 Å². The molecule has 2 rings (SSSR count). The van der Waals surface area contributed by atoms with Crippen LogP contribution in [0.15, 0.2) is 33.7 Å². The molecule has 0 spiro atoms. The number of oxazole rings is 1. The molecule has 2 aromatic rings. The smallest absolute Gasteiger partial charge is 0.326 e. The van der Waals surface area contributed by atoms with Gasteiger partial charge in [-0.15, -0.1) is 0 Å². The predicted octanol–water partition coefficient (Wildman–Crippen LogP) is 2.65. The molecule has 0 fully saturated rings. The number of carbonyl (C=O) groups is 2. The summed E-state index contributed by atoms with van der Waals surface area (Å²) >= 11 is 0. The minimum absolute atomic E-state index is 0.0356. The van der Waals surface area contributed by atoms with Crippen molar-refractivity contribution in [3.63, 3.8) is 0 Å². The quantitative estimate of drug-likeness (QED) is 0.654. The highest BCUT2D eigenvalue weighted by Crippen LogP contribution is 2.20. The summed E-state index contributed by atoms with van der Waals surface area (Å²) < 4.78 is 5.48. The minimum atomic E-state index is -0.223. The van der Waals surface area contributed by atoms with Gasteiger partial charge in [0.2, 0.25) is 17.8 Å². The Hall–Kier alpha value is -2.70. The van der Waals surface area contributed by atoms with Gasteiger partial charge in [0.25, 0.3) is 0 Å². The number of hydrogen-bond donors (Lipinski definition) is 2. The number of hydrogen-bond acceptors (Lipinski definition) is 5. The van der Waals surface area contributed by atoms with Crippen LogP contribution in [0.2, 0.25) is 0 Å². The fraction of sp³-hybridized carbons (Fsp3) is 0.375. The summed E-state index contributed by atoms with van der Waals surface area (Å²) in [6.07, 6.45) is 2.09. The molecule has 122 valence electrons. The Morgan fingerprint density at radius 3 is 2.26 bits per heavy atom. The average molecular weight is 316 g/mol. The maximum Gasteiger partial charge on any atom is 0.326 e. The van der Waals surface area contributed by atoms with Gasteiger partial charge in [0.05, 0.1) is 0 Å². The first-order valence-electron chi connectivity index (χ1n) is 7.66. The van der Waals surface area contributed by atoms with Crippen molar-refractivity contribution in [2.45, 2.75) is 39.5 Å². The fourth-order valence-electron chi connectivity index (χ4n) is 1.93. The summed E-state index contributed by atoms with van der Waals surface area (Å²) in [6, 6.07) is 7.31. The van der Waals surface area contributed by atoms with Crippen LogP contribution in [0, 0.1) is 0 Å². The lowest BCUT2D eigenvalue weighted by Gasteiger charge is -2.08. The van der Waals surface area contributed by atoms with Crippen molar-refractivity contribution in [3.8, 4) is 0 Å². The summed E-state index contributed by atoms with van der Waals surface area (Å²) in [6.45, 7) is 3.79. The Kier molecular flexibility index (Phi) is 5.85. The number of rotatable bonds is 5. The van der Waals surface area contributed by atoms with Crippen LogP contribution < -0.4 is 10.6 Å². The van der Waals surface area contributed by atoms with Crippen LogP contribution >= 0.6 is 0 Å². The molecule has 0 saturated carbocycles. The van der Waals surface area contributed by atoms with E-state index in [4.69, 9.17) is 4.42 Å². The Labute approximate surface area is 134 Å². The zero-order valence-electron chi connectivity index (χ0n) is 13.3. The van der Waals surface area contributed by atoms with Gasteiger partial charge < -0.3 is 4.42 Å². The van der Waals surface area contributed by atoms with Gasteiger partial charge in [-0.3, -0.25) is 20.2 Å². The van der Waals surface area contributed by atoms with E-state index in [9.17, 15) is 9.59 Å². The molecule has 1 aromatic heterocycles. The molecule has 0 aliphatic heterocycles. The number of amides is 2. The van der Waals surface area contributed by atoms with Crippen LogP contribution in [0.5, 0.6) is 0 Å². The molecule has 7 heteroatoms. The largest absolute Gasteiger partial charge is 0.422 e. The van der Waals surface area contributed by atoms with Gasteiger partial charge in [0.1, 0.15) is 5.52 Å². The third-order valence-electron chi connectivity index (χ3n) is 2.96. The zero-order valence-corrected chi connectivity index (χ0v) is 13.3. The lowest BCUT2D eigenvalue weighted by Crippen LogP contribution is -2.43. The van der Waals surface area contributed by atoms with Crippen molar-refractivity contribution in [2.75, 3.05) is 0 Å². The standard InChI is InChI=1S/C16H20N4O3/c1-3-7-13(21)18-15(19-14(22)8-4-2)20-16-17-11-9-5-6-10-12(11)23-16/h5-6,9-10H,3-4,7-8H2,1-2H3,(H2,17,18,19,20,21,22). The van der Waals surface area contributed by atoms with E-state index in [2.05, 4.69) is 20.6 Å². The number of fused-ring (bicyclic) bond motifs is 1. The van der Waals surface area contributed by atoms with Crippen LogP contribution in [0.1, 0.15) is 39.5 Å². The Morgan fingerprint density at radius 1 is 1.09 bits per heavy atom. The molecule has 1 aromatic carbocycles. The summed E-state index contributed by atoms with van der Waals surface area (Å²) in [5.41, 5.74) is 1.25. The van der Waals surface area contributed by atoms with Crippen LogP contribution in [-0.4, -0.2) is 22.8 Å². The number of nitrogens with zero attached hydrogens (tertiary/aromatic N) is 2. The fourth-order valence-corrected chi connectivity index (χ4v) is 1.93. The molecule has 2 N–H and O–H groups in total. The van der Waals surface area contributed by atoms with Crippen molar-refractivity contribution < 1.29 is 14.0 Å². The van der Waals surface area contributed by atoms with E-state index in [1.54, 1.807) is 12.1 Å². The van der Waals surface area contributed by atoms with E-state index in [1.165, 1.54) is 0 Å². The van der Waals surface area contributed by atoms with Crippen molar-refractivity contribution in [3.05, 3.63) is 24.3 Å². The average Bonchev–Trinajstić information content (AvgIpc) is 2.89. The van der Waals surface area contributed by atoms with Crippen molar-refractivity contribution in [2.24, 2.45) is 4.99 Å². The second-order valence-corrected chi connectivity index (χ2v) is 5.02. The first-order valence-corrected chi connectivity index (χ1v) is 7.66. The first kappa shape index (κ1) is 16.7. The summed E-state index contributed by atoms with van der Waals surface area (Å²) in [5, 5.41) is 5.16. The molecule has 0 aliphatic carbocycles.